The SMILES string of the molecule is CNCC(=O)N1CCN(CCOc2ccc(Cl)cc2)CC1. The lowest BCUT2D eigenvalue weighted by Gasteiger charge is -2.34. The lowest BCUT2D eigenvalue weighted by Crippen LogP contribution is -2.51. The van der Waals surface area contributed by atoms with Crippen molar-refractivity contribution >= 4 is 17.5 Å². The Hall–Kier alpha value is -1.30. The molecule has 2 rings (SSSR count). The number of piperazine rings is 1. The molecule has 0 saturated carbocycles. The van der Waals surface area contributed by atoms with Crippen LogP contribution >= 0.6 is 11.6 Å². The highest BCUT2D eigenvalue weighted by atomic mass is 35.5. The van der Waals surface area contributed by atoms with E-state index >= 15 is 0 Å². The Morgan fingerprint density at radius 2 is 1.90 bits per heavy atom. The van der Waals surface area contributed by atoms with E-state index in [0.717, 1.165) is 38.5 Å². The summed E-state index contributed by atoms with van der Waals surface area (Å²) in [6.45, 7) is 5.32. The van der Waals surface area contributed by atoms with Gasteiger partial charge in [0.05, 0.1) is 6.54 Å². The zero-order valence-corrected chi connectivity index (χ0v) is 13.1. The molecule has 21 heavy (non-hydrogen) atoms. The number of hydrogen-bond acceptors (Lipinski definition) is 4. The van der Waals surface area contributed by atoms with Crippen molar-refractivity contribution in [1.29, 1.82) is 0 Å². The number of ether oxygens (including phenoxy) is 1. The van der Waals surface area contributed by atoms with Gasteiger partial charge in [0.25, 0.3) is 0 Å². The number of nitrogens with one attached hydrogen (secondary N) is 1. The van der Waals surface area contributed by atoms with Gasteiger partial charge >= 0.3 is 0 Å². The Morgan fingerprint density at radius 1 is 1.24 bits per heavy atom. The second kappa shape index (κ2) is 8.22. The minimum Gasteiger partial charge on any atom is -0.492 e. The molecule has 0 radical (unpaired) electrons. The molecule has 1 fully saturated rings. The van der Waals surface area contributed by atoms with Gasteiger partial charge in [0, 0.05) is 37.7 Å². The van der Waals surface area contributed by atoms with Gasteiger partial charge in [-0.3, -0.25) is 9.69 Å². The average molecular weight is 312 g/mol. The first kappa shape index (κ1) is 16.1. The number of nitrogens with zero attached hydrogens (tertiary/aromatic N) is 2. The number of hydrogen-bond donors (Lipinski definition) is 1. The van der Waals surface area contributed by atoms with E-state index in [1.165, 1.54) is 0 Å². The fraction of sp³-hybridized carbons (Fsp3) is 0.533. The Labute approximate surface area is 130 Å². The molecule has 1 aromatic carbocycles. The fourth-order valence-corrected chi connectivity index (χ4v) is 2.43. The first-order valence-electron chi connectivity index (χ1n) is 7.22. The summed E-state index contributed by atoms with van der Waals surface area (Å²) >= 11 is 5.83. The third-order valence-corrected chi connectivity index (χ3v) is 3.79. The molecule has 1 heterocycles. The Bertz CT molecular complexity index is 445. The average Bonchev–Trinajstić information content (AvgIpc) is 2.50. The molecule has 0 spiro atoms. The highest BCUT2D eigenvalue weighted by Crippen LogP contribution is 2.15. The summed E-state index contributed by atoms with van der Waals surface area (Å²) in [7, 11) is 1.79. The van der Waals surface area contributed by atoms with E-state index < -0.39 is 0 Å². The predicted molar refractivity (Wildman–Crippen MR) is 83.9 cm³/mol. The van der Waals surface area contributed by atoms with Crippen LogP contribution in [-0.4, -0.2) is 68.6 Å². The molecule has 0 bridgehead atoms. The lowest BCUT2D eigenvalue weighted by atomic mass is 10.3. The van der Waals surface area contributed by atoms with Crippen molar-refractivity contribution < 1.29 is 9.53 Å². The molecule has 0 aromatic heterocycles. The first-order chi connectivity index (χ1) is 10.2. The summed E-state index contributed by atoms with van der Waals surface area (Å²) in [5, 5.41) is 3.61. The zero-order valence-electron chi connectivity index (χ0n) is 12.3. The maximum absolute atomic E-state index is 11.7. The third-order valence-electron chi connectivity index (χ3n) is 3.54. The Kier molecular flexibility index (Phi) is 6.29. The molecule has 0 atom stereocenters. The molecule has 0 unspecified atom stereocenters. The number of carbonyl (C=O) groups excluding carboxylic acids is 1. The molecule has 1 aliphatic heterocycles. The maximum atomic E-state index is 11.7. The van der Waals surface area contributed by atoms with E-state index in [1.807, 2.05) is 29.2 Å². The molecule has 1 aromatic rings. The Balaban J connectivity index is 1.65. The summed E-state index contributed by atoms with van der Waals surface area (Å²) < 4.78 is 5.69. The van der Waals surface area contributed by atoms with Crippen molar-refractivity contribution in [2.24, 2.45) is 0 Å². The maximum Gasteiger partial charge on any atom is 0.236 e. The van der Waals surface area contributed by atoms with E-state index in [-0.39, 0.29) is 5.91 Å². The van der Waals surface area contributed by atoms with E-state index in [4.69, 9.17) is 16.3 Å². The molecule has 1 saturated heterocycles. The van der Waals surface area contributed by atoms with Gasteiger partial charge < -0.3 is 15.0 Å². The van der Waals surface area contributed by atoms with Crippen LogP contribution in [0.5, 0.6) is 5.75 Å². The van der Waals surface area contributed by atoms with Crippen molar-refractivity contribution in [2.75, 3.05) is 52.9 Å². The number of halogens is 1. The minimum absolute atomic E-state index is 0.176. The van der Waals surface area contributed by atoms with Crippen LogP contribution in [0.2, 0.25) is 5.02 Å². The van der Waals surface area contributed by atoms with Crippen molar-refractivity contribution in [1.82, 2.24) is 15.1 Å². The molecule has 0 aliphatic carbocycles. The van der Waals surface area contributed by atoms with Crippen LogP contribution in [0.3, 0.4) is 0 Å². The highest BCUT2D eigenvalue weighted by Gasteiger charge is 2.20. The van der Waals surface area contributed by atoms with Gasteiger partial charge in [-0.1, -0.05) is 11.6 Å². The van der Waals surface area contributed by atoms with Crippen LogP contribution in [0.25, 0.3) is 0 Å². The predicted octanol–water partition coefficient (Wildman–Crippen LogP) is 1.08. The standard InChI is InChI=1S/C15H22ClN3O2/c1-17-12-15(20)19-8-6-18(7-9-19)10-11-21-14-4-2-13(16)3-5-14/h2-5,17H,6-12H2,1H3. The molecule has 1 aliphatic rings. The number of rotatable bonds is 6. The quantitative estimate of drug-likeness (QED) is 0.854. The summed E-state index contributed by atoms with van der Waals surface area (Å²) in [4.78, 5) is 16.0. The second-order valence-corrected chi connectivity index (χ2v) is 5.49. The van der Waals surface area contributed by atoms with E-state index in [0.29, 0.717) is 18.2 Å². The lowest BCUT2D eigenvalue weighted by molar-refractivity contribution is -0.131. The number of amides is 1. The van der Waals surface area contributed by atoms with Crippen LogP contribution < -0.4 is 10.1 Å². The van der Waals surface area contributed by atoms with Crippen LogP contribution in [-0.2, 0) is 4.79 Å². The normalized spacial score (nSPS) is 16.0. The molecule has 1 N–H and O–H groups in total. The highest BCUT2D eigenvalue weighted by molar-refractivity contribution is 6.30. The first-order valence-corrected chi connectivity index (χ1v) is 7.60. The molecular formula is C15H22ClN3O2. The summed E-state index contributed by atoms with van der Waals surface area (Å²) in [6, 6.07) is 7.39. The summed E-state index contributed by atoms with van der Waals surface area (Å²) in [6.07, 6.45) is 0. The van der Waals surface area contributed by atoms with Crippen molar-refractivity contribution in [3.8, 4) is 5.75 Å². The van der Waals surface area contributed by atoms with Gasteiger partial charge in [-0.25, -0.2) is 0 Å². The van der Waals surface area contributed by atoms with Crippen LogP contribution in [0.1, 0.15) is 0 Å². The van der Waals surface area contributed by atoms with E-state index in [9.17, 15) is 4.79 Å². The monoisotopic (exact) mass is 311 g/mol. The fourth-order valence-electron chi connectivity index (χ4n) is 2.31. The smallest absolute Gasteiger partial charge is 0.236 e. The van der Waals surface area contributed by atoms with Gasteiger partial charge in [-0.2, -0.15) is 0 Å². The van der Waals surface area contributed by atoms with E-state index in [1.54, 1.807) is 7.05 Å². The molecular weight excluding hydrogens is 290 g/mol. The molecule has 6 heteroatoms. The van der Waals surface area contributed by atoms with Gasteiger partial charge in [-0.15, -0.1) is 0 Å². The second-order valence-electron chi connectivity index (χ2n) is 5.06. The molecule has 1 amide bonds. The number of likely N-dealkylation sites (N-methyl/N-ethyl adjacent to an activating group) is 1. The van der Waals surface area contributed by atoms with Crippen LogP contribution in [0.15, 0.2) is 24.3 Å². The van der Waals surface area contributed by atoms with Gasteiger partial charge in [-0.05, 0) is 31.3 Å². The zero-order chi connectivity index (χ0) is 15.1. The van der Waals surface area contributed by atoms with Crippen molar-refractivity contribution in [2.45, 2.75) is 0 Å². The molecule has 5 nitrogen and oxygen atoms in total. The number of benzene rings is 1. The third kappa shape index (κ3) is 5.19. The number of carbonyl (C=O) groups is 1. The van der Waals surface area contributed by atoms with Crippen LogP contribution in [0.4, 0.5) is 0 Å². The summed E-state index contributed by atoms with van der Waals surface area (Å²) in [5.41, 5.74) is 0. The van der Waals surface area contributed by atoms with E-state index in [2.05, 4.69) is 10.2 Å². The topological polar surface area (TPSA) is 44.8 Å². The van der Waals surface area contributed by atoms with Gasteiger partial charge in [0.2, 0.25) is 5.91 Å². The minimum atomic E-state index is 0.176. The van der Waals surface area contributed by atoms with Gasteiger partial charge in [0.1, 0.15) is 12.4 Å². The van der Waals surface area contributed by atoms with Crippen molar-refractivity contribution in [3.05, 3.63) is 29.3 Å². The molecule has 116 valence electrons. The Morgan fingerprint density at radius 3 is 2.52 bits per heavy atom. The van der Waals surface area contributed by atoms with Crippen LogP contribution in [0, 0.1) is 0 Å². The largest absolute Gasteiger partial charge is 0.492 e. The summed E-state index contributed by atoms with van der Waals surface area (Å²) in [5.74, 6) is 1.01. The van der Waals surface area contributed by atoms with Gasteiger partial charge in [0.15, 0.2) is 0 Å². The van der Waals surface area contributed by atoms with Crippen molar-refractivity contribution in [3.63, 3.8) is 0 Å².